The van der Waals surface area contributed by atoms with Crippen LogP contribution in [0.15, 0.2) is 0 Å². The molecule has 0 rings (SSSR count). The van der Waals surface area contributed by atoms with E-state index in [-0.39, 0.29) is 38.3 Å². The Morgan fingerprint density at radius 1 is 1.33 bits per heavy atom. The molecule has 0 aliphatic rings. The van der Waals surface area contributed by atoms with Crippen molar-refractivity contribution in [2.75, 3.05) is 26.4 Å². The lowest BCUT2D eigenvalue weighted by Crippen LogP contribution is -2.34. The number of ether oxygens (including phenoxy) is 1. The van der Waals surface area contributed by atoms with Crippen LogP contribution in [0.4, 0.5) is 0 Å². The van der Waals surface area contributed by atoms with Gasteiger partial charge in [0.15, 0.2) is 0 Å². The van der Waals surface area contributed by atoms with Crippen molar-refractivity contribution in [3.8, 4) is 12.3 Å². The van der Waals surface area contributed by atoms with E-state index in [1.54, 1.807) is 0 Å². The van der Waals surface area contributed by atoms with Crippen LogP contribution in [0, 0.1) is 18.9 Å². The Hall–Kier alpha value is -0.680. The molecule has 0 radical (unpaired) electrons. The Morgan fingerprint density at radius 3 is 2.48 bits per heavy atom. The zero-order valence-electron chi connectivity index (χ0n) is 14.4. The van der Waals surface area contributed by atoms with E-state index >= 15 is 0 Å². The molecular weight excluding hydrogens is 287 g/mol. The van der Waals surface area contributed by atoms with Gasteiger partial charge in [-0.3, -0.25) is 0 Å². The summed E-state index contributed by atoms with van der Waals surface area (Å²) in [6.07, 6.45) is 4.79. The van der Waals surface area contributed by atoms with E-state index in [4.69, 9.17) is 28.2 Å². The summed E-state index contributed by atoms with van der Waals surface area (Å²) in [5.41, 5.74) is 0. The number of rotatable bonds is 11. The van der Waals surface area contributed by atoms with Gasteiger partial charge in [-0.05, 0) is 34.6 Å². The molecule has 5 nitrogen and oxygen atoms in total. The third-order valence-corrected chi connectivity index (χ3v) is 4.50. The van der Waals surface area contributed by atoms with Crippen LogP contribution in [0.2, 0.25) is 0 Å². The largest absolute Gasteiger partial charge is 0.363 e. The Balaban J connectivity index is 4.70. The van der Waals surface area contributed by atoms with E-state index in [1.807, 2.05) is 0 Å². The SMILES string of the molecule is [2H]CC(COP(OCC[N+]#[C-])N(C(C)C)C(C)C)OCC#C. The van der Waals surface area contributed by atoms with Crippen molar-refractivity contribution < 1.29 is 15.2 Å². The topological polar surface area (TPSA) is 35.3 Å². The van der Waals surface area contributed by atoms with Crippen LogP contribution < -0.4 is 0 Å². The summed E-state index contributed by atoms with van der Waals surface area (Å²) in [5, 5.41) is 0. The first-order valence-electron chi connectivity index (χ1n) is 7.70. The predicted molar refractivity (Wildman–Crippen MR) is 86.7 cm³/mol. The van der Waals surface area contributed by atoms with Gasteiger partial charge in [0, 0.05) is 13.5 Å². The summed E-state index contributed by atoms with van der Waals surface area (Å²) < 4.78 is 26.6. The molecule has 2 unspecified atom stereocenters. The van der Waals surface area contributed by atoms with E-state index in [0.29, 0.717) is 13.2 Å². The van der Waals surface area contributed by atoms with Crippen molar-refractivity contribution in [1.29, 1.82) is 0 Å². The van der Waals surface area contributed by atoms with Gasteiger partial charge in [0.25, 0.3) is 8.53 Å². The third-order valence-electron chi connectivity index (χ3n) is 2.42. The van der Waals surface area contributed by atoms with Gasteiger partial charge >= 0.3 is 0 Å². The van der Waals surface area contributed by atoms with Gasteiger partial charge in [-0.2, -0.15) is 0 Å². The predicted octanol–water partition coefficient (Wildman–Crippen LogP) is 3.32. The molecule has 21 heavy (non-hydrogen) atoms. The smallest absolute Gasteiger partial charge is 0.259 e. The van der Waals surface area contributed by atoms with E-state index in [2.05, 4.69) is 43.1 Å². The molecule has 0 fully saturated rings. The van der Waals surface area contributed by atoms with E-state index < -0.39 is 8.53 Å². The van der Waals surface area contributed by atoms with Crippen LogP contribution in [0.25, 0.3) is 4.85 Å². The molecule has 0 aromatic rings. The van der Waals surface area contributed by atoms with Gasteiger partial charge < -0.3 is 18.6 Å². The van der Waals surface area contributed by atoms with Crippen LogP contribution in [0.1, 0.15) is 36.0 Å². The first-order chi connectivity index (χ1) is 10.5. The Labute approximate surface area is 132 Å². The van der Waals surface area contributed by atoms with Gasteiger partial charge in [0.05, 0.1) is 12.7 Å². The molecule has 0 aromatic heterocycles. The van der Waals surface area contributed by atoms with Crippen molar-refractivity contribution in [3.05, 3.63) is 11.4 Å². The number of hydrogen-bond acceptors (Lipinski definition) is 4. The maximum Gasteiger partial charge on any atom is 0.259 e. The molecule has 0 aromatic carbocycles. The summed E-state index contributed by atoms with van der Waals surface area (Å²) in [7, 11) is -1.29. The Kier molecular flexibility index (Phi) is 10.4. The van der Waals surface area contributed by atoms with Crippen LogP contribution in [-0.4, -0.2) is 49.2 Å². The normalized spacial score (nSPS) is 14.8. The maximum atomic E-state index is 7.47. The molecule has 0 saturated heterocycles. The quantitative estimate of drug-likeness (QED) is 0.254. The molecule has 120 valence electrons. The van der Waals surface area contributed by atoms with Gasteiger partial charge in [0.1, 0.15) is 13.2 Å². The summed E-state index contributed by atoms with van der Waals surface area (Å²) in [4.78, 5) is 3.29. The fourth-order valence-corrected chi connectivity index (χ4v) is 3.30. The monoisotopic (exact) mass is 315 g/mol. The van der Waals surface area contributed by atoms with Crippen molar-refractivity contribution in [2.45, 2.75) is 52.8 Å². The molecule has 2 atom stereocenters. The zero-order chi connectivity index (χ0) is 17.0. The first kappa shape index (κ1) is 18.4. The number of nitrogens with zero attached hydrogens (tertiary/aromatic N) is 2. The van der Waals surface area contributed by atoms with Crippen LogP contribution >= 0.6 is 8.53 Å². The van der Waals surface area contributed by atoms with Crippen LogP contribution in [0.5, 0.6) is 0 Å². The fourth-order valence-electron chi connectivity index (χ4n) is 1.67. The minimum atomic E-state index is -1.29. The van der Waals surface area contributed by atoms with E-state index in [9.17, 15) is 0 Å². The molecule has 0 heterocycles. The summed E-state index contributed by atoms with van der Waals surface area (Å²) in [6.45, 7) is 16.3. The Bertz CT molecular complexity index is 361. The molecule has 0 saturated carbocycles. The van der Waals surface area contributed by atoms with Crippen molar-refractivity contribution in [3.63, 3.8) is 0 Å². The van der Waals surface area contributed by atoms with E-state index in [0.717, 1.165) is 0 Å². The summed E-state index contributed by atoms with van der Waals surface area (Å²) >= 11 is 0. The molecule has 0 spiro atoms. The molecule has 0 N–H and O–H groups in total. The van der Waals surface area contributed by atoms with Crippen molar-refractivity contribution in [2.24, 2.45) is 0 Å². The number of terminal acetylenes is 1. The Morgan fingerprint density at radius 2 is 2.00 bits per heavy atom. The lowest BCUT2D eigenvalue weighted by Gasteiger charge is -2.35. The van der Waals surface area contributed by atoms with Gasteiger partial charge in [0.2, 0.25) is 6.54 Å². The van der Waals surface area contributed by atoms with Crippen molar-refractivity contribution in [1.82, 2.24) is 4.67 Å². The summed E-state index contributed by atoms with van der Waals surface area (Å²) in [6, 6.07) is 0.500. The lowest BCUT2D eigenvalue weighted by atomic mass is 10.3. The molecule has 0 amide bonds. The minimum absolute atomic E-state index is 0.0796. The third kappa shape index (κ3) is 9.04. The van der Waals surface area contributed by atoms with Gasteiger partial charge in [-0.1, -0.05) is 5.92 Å². The van der Waals surface area contributed by atoms with Crippen LogP contribution in [-0.2, 0) is 13.8 Å². The first-order valence-corrected chi connectivity index (χ1v) is 8.12. The van der Waals surface area contributed by atoms with Crippen LogP contribution in [0.3, 0.4) is 0 Å². The molecule has 0 aliphatic heterocycles. The highest BCUT2D eigenvalue weighted by molar-refractivity contribution is 7.44. The summed E-state index contributed by atoms with van der Waals surface area (Å²) in [5.74, 6) is 2.39. The second-order valence-corrected chi connectivity index (χ2v) is 6.41. The highest BCUT2D eigenvalue weighted by atomic mass is 31.2. The maximum absolute atomic E-state index is 7.47. The second-order valence-electron chi connectivity index (χ2n) is 4.95. The molecule has 0 bridgehead atoms. The highest BCUT2D eigenvalue weighted by Gasteiger charge is 2.27. The van der Waals surface area contributed by atoms with Gasteiger partial charge in [-0.25, -0.2) is 11.2 Å². The standard InChI is InChI=1S/C15H27N2O3P/c1-8-10-18-15(6)12-20-21(19-11-9-16-7)17(13(2)3)14(4)5/h1,13-15H,9-12H2,2-6H3/i6D. The molecule has 0 aliphatic carbocycles. The fraction of sp³-hybridized carbons (Fsp3) is 0.800. The minimum Gasteiger partial charge on any atom is -0.363 e. The molecular formula is C15H27N2O3P. The lowest BCUT2D eigenvalue weighted by molar-refractivity contribution is 0.0443. The zero-order valence-corrected chi connectivity index (χ0v) is 14.3. The average molecular weight is 315 g/mol. The number of hydrogen-bond donors (Lipinski definition) is 0. The van der Waals surface area contributed by atoms with E-state index in [1.165, 1.54) is 0 Å². The second kappa shape index (κ2) is 11.9. The van der Waals surface area contributed by atoms with Gasteiger partial charge in [-0.15, -0.1) is 6.42 Å². The average Bonchev–Trinajstić information content (AvgIpc) is 2.46. The highest BCUT2D eigenvalue weighted by Crippen LogP contribution is 2.45. The molecule has 6 heteroatoms. The van der Waals surface area contributed by atoms with Crippen molar-refractivity contribution >= 4 is 8.53 Å².